The Morgan fingerprint density at radius 1 is 1.12 bits per heavy atom. The van der Waals surface area contributed by atoms with Crippen molar-refractivity contribution in [2.45, 2.75) is 53.5 Å². The molecule has 2 aliphatic rings. The molecule has 0 bridgehead atoms. The number of carbonyl (C=O) groups excluding carboxylic acids is 2. The van der Waals surface area contributed by atoms with Gasteiger partial charge in [-0.15, -0.1) is 0 Å². The highest BCUT2D eigenvalue weighted by atomic mass is 16.6. The van der Waals surface area contributed by atoms with Gasteiger partial charge in [0.25, 0.3) is 5.69 Å². The molecule has 0 aromatic heterocycles. The van der Waals surface area contributed by atoms with Crippen LogP contribution in [0.3, 0.4) is 0 Å². The lowest BCUT2D eigenvalue weighted by atomic mass is 9.79. The Kier molecular flexibility index (Phi) is 9.52. The SMILES string of the molecule is CC(=O)C(C)N1CCN(CC(C)(C)COC(=O)C2=C(C)N(C)C(C)=C(C(=O)O)C2c2cccc([N+](=O)[O-])c2)CC1. The third-order valence-corrected chi connectivity index (χ3v) is 8.02. The fraction of sp³-hybridized carbons (Fsp3) is 0.552. The van der Waals surface area contributed by atoms with Gasteiger partial charge in [0.2, 0.25) is 0 Å². The molecule has 3 rings (SSSR count). The van der Waals surface area contributed by atoms with Crippen molar-refractivity contribution in [1.29, 1.82) is 0 Å². The maximum absolute atomic E-state index is 13.6. The summed E-state index contributed by atoms with van der Waals surface area (Å²) in [4.78, 5) is 54.8. The first-order valence-electron chi connectivity index (χ1n) is 13.4. The zero-order valence-electron chi connectivity index (χ0n) is 24.4. The van der Waals surface area contributed by atoms with E-state index in [0.29, 0.717) is 23.5 Å². The highest BCUT2D eigenvalue weighted by Crippen LogP contribution is 2.42. The number of rotatable bonds is 10. The van der Waals surface area contributed by atoms with Gasteiger partial charge < -0.3 is 19.6 Å². The van der Waals surface area contributed by atoms with Crippen molar-refractivity contribution in [3.05, 3.63) is 62.5 Å². The van der Waals surface area contributed by atoms with Crippen molar-refractivity contribution >= 4 is 23.4 Å². The molecule has 1 saturated heterocycles. The van der Waals surface area contributed by atoms with Crippen LogP contribution < -0.4 is 0 Å². The number of nitro benzene ring substituents is 1. The second-order valence-corrected chi connectivity index (χ2v) is 11.5. The molecule has 2 aliphatic heterocycles. The van der Waals surface area contributed by atoms with Gasteiger partial charge in [0.15, 0.2) is 0 Å². The third-order valence-electron chi connectivity index (χ3n) is 8.02. The minimum Gasteiger partial charge on any atom is -0.478 e. The summed E-state index contributed by atoms with van der Waals surface area (Å²) in [6, 6.07) is 5.61. The van der Waals surface area contributed by atoms with E-state index < -0.39 is 28.2 Å². The minimum absolute atomic E-state index is 0.0301. The molecule has 0 aliphatic carbocycles. The summed E-state index contributed by atoms with van der Waals surface area (Å²) in [5, 5.41) is 21.6. The van der Waals surface area contributed by atoms with E-state index in [1.54, 1.807) is 38.8 Å². The highest BCUT2D eigenvalue weighted by Gasteiger charge is 2.40. The summed E-state index contributed by atoms with van der Waals surface area (Å²) in [7, 11) is 1.68. The number of ether oxygens (including phenoxy) is 1. The quantitative estimate of drug-likeness (QED) is 0.260. The predicted molar refractivity (Wildman–Crippen MR) is 150 cm³/mol. The van der Waals surface area contributed by atoms with Crippen molar-refractivity contribution in [2.24, 2.45) is 5.41 Å². The number of hydrogen-bond donors (Lipinski definition) is 1. The van der Waals surface area contributed by atoms with E-state index in [2.05, 4.69) is 9.80 Å². The van der Waals surface area contributed by atoms with Gasteiger partial charge in [0.1, 0.15) is 5.78 Å². The standard InChI is InChI=1S/C29H40N4O7/c1-18(21(4)34)32-13-11-31(12-14-32)16-29(5,6)17-40-28(37)25-20(3)30(7)19(2)24(27(35)36)26(25)22-9-8-10-23(15-22)33(38)39/h8-10,15,18,26H,11-14,16-17H2,1-7H3,(H,35,36). The van der Waals surface area contributed by atoms with Gasteiger partial charge in [0.05, 0.1) is 34.6 Å². The molecule has 0 radical (unpaired) electrons. The molecule has 2 heterocycles. The van der Waals surface area contributed by atoms with E-state index in [0.717, 1.165) is 26.2 Å². The van der Waals surface area contributed by atoms with E-state index >= 15 is 0 Å². The summed E-state index contributed by atoms with van der Waals surface area (Å²) in [5.74, 6) is -2.74. The van der Waals surface area contributed by atoms with Crippen molar-refractivity contribution in [3.8, 4) is 0 Å². The zero-order valence-corrected chi connectivity index (χ0v) is 24.4. The Labute approximate surface area is 235 Å². The van der Waals surface area contributed by atoms with Crippen molar-refractivity contribution < 1.29 is 29.2 Å². The molecule has 218 valence electrons. The highest BCUT2D eigenvalue weighted by molar-refractivity contribution is 5.99. The van der Waals surface area contributed by atoms with Crippen LogP contribution in [-0.4, -0.2) is 94.9 Å². The van der Waals surface area contributed by atoms with Gasteiger partial charge in [-0.1, -0.05) is 26.0 Å². The Bertz CT molecular complexity index is 1240. The molecule has 1 fully saturated rings. The fourth-order valence-electron chi connectivity index (χ4n) is 5.43. The lowest BCUT2D eigenvalue weighted by Crippen LogP contribution is -2.53. The largest absolute Gasteiger partial charge is 0.478 e. The molecule has 1 aromatic rings. The number of carboxylic acid groups (broad SMARTS) is 1. The maximum Gasteiger partial charge on any atom is 0.336 e. The molecule has 11 heteroatoms. The Hall–Kier alpha value is -3.57. The van der Waals surface area contributed by atoms with Crippen LogP contribution in [0.5, 0.6) is 0 Å². The van der Waals surface area contributed by atoms with Crippen LogP contribution >= 0.6 is 0 Å². The maximum atomic E-state index is 13.6. The molecule has 2 atom stereocenters. The molecule has 1 N–H and O–H groups in total. The van der Waals surface area contributed by atoms with Crippen molar-refractivity contribution in [3.63, 3.8) is 0 Å². The van der Waals surface area contributed by atoms with Gasteiger partial charge >= 0.3 is 11.9 Å². The second kappa shape index (κ2) is 12.3. The van der Waals surface area contributed by atoms with Gasteiger partial charge in [-0.25, -0.2) is 9.59 Å². The Balaban J connectivity index is 1.80. The third kappa shape index (κ3) is 6.76. The molecular formula is C29H40N4O7. The number of carboxylic acids is 1. The summed E-state index contributed by atoms with van der Waals surface area (Å²) in [5.41, 5.74) is 0.826. The molecule has 0 amide bonds. The lowest BCUT2D eigenvalue weighted by molar-refractivity contribution is -0.384. The van der Waals surface area contributed by atoms with Crippen LogP contribution in [0, 0.1) is 15.5 Å². The van der Waals surface area contributed by atoms with Crippen molar-refractivity contribution in [1.82, 2.24) is 14.7 Å². The van der Waals surface area contributed by atoms with E-state index in [1.807, 2.05) is 20.8 Å². The first-order valence-corrected chi connectivity index (χ1v) is 13.4. The van der Waals surface area contributed by atoms with Crippen LogP contribution in [0.4, 0.5) is 5.69 Å². The Morgan fingerprint density at radius 3 is 2.27 bits per heavy atom. The number of non-ortho nitro benzene ring substituents is 1. The van der Waals surface area contributed by atoms with Gasteiger partial charge in [0, 0.05) is 68.7 Å². The van der Waals surface area contributed by atoms with E-state index in [1.165, 1.54) is 18.2 Å². The second-order valence-electron chi connectivity index (χ2n) is 11.5. The summed E-state index contributed by atoms with van der Waals surface area (Å²) < 4.78 is 5.84. The van der Waals surface area contributed by atoms with E-state index in [9.17, 15) is 29.6 Å². The fourth-order valence-corrected chi connectivity index (χ4v) is 5.43. The van der Waals surface area contributed by atoms with Crippen LogP contribution in [0.25, 0.3) is 0 Å². The van der Waals surface area contributed by atoms with Crippen LogP contribution in [0.2, 0.25) is 0 Å². The normalized spacial score (nSPS) is 20.0. The van der Waals surface area contributed by atoms with Gasteiger partial charge in [-0.2, -0.15) is 0 Å². The lowest BCUT2D eigenvalue weighted by Gasteiger charge is -2.40. The molecule has 2 unspecified atom stereocenters. The minimum atomic E-state index is -1.21. The van der Waals surface area contributed by atoms with Crippen LogP contribution in [0.1, 0.15) is 53.0 Å². The zero-order chi connectivity index (χ0) is 29.9. The van der Waals surface area contributed by atoms with Crippen LogP contribution in [-0.2, 0) is 19.1 Å². The molecule has 0 saturated carbocycles. The molecule has 40 heavy (non-hydrogen) atoms. The number of nitrogens with zero attached hydrogens (tertiary/aromatic N) is 4. The number of carbonyl (C=O) groups is 3. The molecule has 11 nitrogen and oxygen atoms in total. The number of esters is 1. The summed E-state index contributed by atoms with van der Waals surface area (Å²) in [6.45, 7) is 14.8. The number of Topliss-reactive ketones (excluding diaryl/α,β-unsaturated/α-hetero) is 1. The first-order chi connectivity index (χ1) is 18.6. The number of aliphatic carboxylic acids is 1. The predicted octanol–water partition coefficient (Wildman–Crippen LogP) is 3.42. The molecular weight excluding hydrogens is 516 g/mol. The van der Waals surface area contributed by atoms with Crippen LogP contribution in [0.15, 0.2) is 46.8 Å². The molecule has 0 spiro atoms. The summed E-state index contributed by atoms with van der Waals surface area (Å²) >= 11 is 0. The smallest absolute Gasteiger partial charge is 0.336 e. The topological polar surface area (TPSA) is 134 Å². The van der Waals surface area contributed by atoms with Gasteiger partial charge in [-0.3, -0.25) is 19.8 Å². The number of allylic oxidation sites excluding steroid dienone is 2. The molecule has 1 aromatic carbocycles. The van der Waals surface area contributed by atoms with E-state index in [4.69, 9.17) is 4.74 Å². The number of benzene rings is 1. The number of piperazine rings is 1. The number of ketones is 1. The van der Waals surface area contributed by atoms with E-state index in [-0.39, 0.29) is 35.3 Å². The Morgan fingerprint density at radius 2 is 1.73 bits per heavy atom. The average Bonchev–Trinajstić information content (AvgIpc) is 2.89. The monoisotopic (exact) mass is 556 g/mol. The number of nitro groups is 1. The first kappa shape index (κ1) is 31.0. The summed E-state index contributed by atoms with van der Waals surface area (Å²) in [6.07, 6.45) is 0. The average molecular weight is 557 g/mol. The van der Waals surface area contributed by atoms with Crippen molar-refractivity contribution in [2.75, 3.05) is 46.4 Å². The number of hydrogen-bond acceptors (Lipinski definition) is 9. The van der Waals surface area contributed by atoms with Gasteiger partial charge in [-0.05, 0) is 33.3 Å².